The van der Waals surface area contributed by atoms with Gasteiger partial charge in [-0.2, -0.15) is 0 Å². The minimum absolute atomic E-state index is 0.111. The van der Waals surface area contributed by atoms with Crippen molar-refractivity contribution in [3.05, 3.63) is 64.3 Å². The lowest BCUT2D eigenvalue weighted by molar-refractivity contribution is 0.275. The lowest BCUT2D eigenvalue weighted by atomic mass is 10.1. The molecule has 1 N–H and O–H groups in total. The lowest BCUT2D eigenvalue weighted by Crippen LogP contribution is -1.96. The molecule has 0 atom stereocenters. The van der Waals surface area contributed by atoms with Crippen LogP contribution in [0.5, 0.6) is 11.6 Å². The van der Waals surface area contributed by atoms with Crippen molar-refractivity contribution in [2.45, 2.75) is 13.5 Å². The molecule has 3 nitrogen and oxygen atoms in total. The Hall–Kier alpha value is -1.91. The zero-order valence-electron chi connectivity index (χ0n) is 11.5. The Morgan fingerprint density at radius 1 is 1.14 bits per heavy atom. The average Bonchev–Trinajstić information content (AvgIpc) is 2.49. The van der Waals surface area contributed by atoms with Crippen molar-refractivity contribution in [1.29, 1.82) is 0 Å². The molecule has 106 valence electrons. The van der Waals surface area contributed by atoms with Crippen LogP contribution in [0.3, 0.4) is 0 Å². The molecular formula is C17H14BrNO2. The normalized spacial score (nSPS) is 10.8. The van der Waals surface area contributed by atoms with E-state index in [4.69, 9.17) is 4.74 Å². The number of pyridine rings is 1. The molecule has 0 fully saturated rings. The number of rotatable bonds is 3. The highest BCUT2D eigenvalue weighted by atomic mass is 79.9. The number of nitrogens with zero attached hydrogens (tertiary/aromatic N) is 1. The molecule has 0 amide bonds. The van der Waals surface area contributed by atoms with Gasteiger partial charge in [0.1, 0.15) is 5.75 Å². The van der Waals surface area contributed by atoms with E-state index in [0.29, 0.717) is 11.6 Å². The van der Waals surface area contributed by atoms with E-state index in [2.05, 4.69) is 20.9 Å². The Morgan fingerprint density at radius 2 is 1.95 bits per heavy atom. The summed E-state index contributed by atoms with van der Waals surface area (Å²) < 4.78 is 6.99. The first kappa shape index (κ1) is 14.0. The zero-order chi connectivity index (χ0) is 14.8. The van der Waals surface area contributed by atoms with Crippen molar-refractivity contribution >= 4 is 26.7 Å². The predicted octanol–water partition coefficient (Wildman–Crippen LogP) is 4.59. The molecule has 0 saturated carbocycles. The minimum Gasteiger partial charge on any atom is -0.438 e. The van der Waals surface area contributed by atoms with Gasteiger partial charge in [-0.1, -0.05) is 34.1 Å². The number of benzene rings is 2. The van der Waals surface area contributed by atoms with Crippen LogP contribution in [0.4, 0.5) is 0 Å². The van der Waals surface area contributed by atoms with Gasteiger partial charge in [-0.05, 0) is 48.2 Å². The molecule has 0 radical (unpaired) electrons. The summed E-state index contributed by atoms with van der Waals surface area (Å²) >= 11 is 3.44. The van der Waals surface area contributed by atoms with Crippen molar-refractivity contribution in [2.24, 2.45) is 0 Å². The molecule has 2 aromatic carbocycles. The largest absolute Gasteiger partial charge is 0.438 e. The van der Waals surface area contributed by atoms with Crippen LogP contribution in [0.2, 0.25) is 0 Å². The highest BCUT2D eigenvalue weighted by Crippen LogP contribution is 2.31. The Kier molecular flexibility index (Phi) is 3.90. The number of hydrogen-bond acceptors (Lipinski definition) is 3. The smallest absolute Gasteiger partial charge is 0.227 e. The second-order valence-electron chi connectivity index (χ2n) is 4.81. The molecule has 3 rings (SSSR count). The van der Waals surface area contributed by atoms with Crippen LogP contribution in [-0.2, 0) is 6.61 Å². The number of hydrogen-bond donors (Lipinski definition) is 1. The highest BCUT2D eigenvalue weighted by Gasteiger charge is 2.09. The molecule has 0 unspecified atom stereocenters. The van der Waals surface area contributed by atoms with Gasteiger partial charge in [0.15, 0.2) is 0 Å². The minimum atomic E-state index is -0.111. The third-order valence-corrected chi connectivity index (χ3v) is 3.76. The summed E-state index contributed by atoms with van der Waals surface area (Å²) in [4.78, 5) is 4.39. The number of aromatic nitrogens is 1. The summed E-state index contributed by atoms with van der Waals surface area (Å²) in [5.74, 6) is 1.27. The standard InChI is InChI=1S/C17H14BrNO2/c1-11-8-13(18)6-7-16(11)21-17-15-5-3-2-4-12(15)9-14(10-20)19-17/h2-9,20H,10H2,1H3. The average molecular weight is 344 g/mol. The fourth-order valence-corrected chi connectivity index (χ4v) is 2.69. The van der Waals surface area contributed by atoms with Crippen LogP contribution < -0.4 is 4.74 Å². The van der Waals surface area contributed by atoms with Crippen LogP contribution in [0.15, 0.2) is 53.0 Å². The van der Waals surface area contributed by atoms with Gasteiger partial charge in [0.2, 0.25) is 5.88 Å². The lowest BCUT2D eigenvalue weighted by Gasteiger charge is -2.11. The van der Waals surface area contributed by atoms with Crippen LogP contribution in [0, 0.1) is 6.92 Å². The van der Waals surface area contributed by atoms with Gasteiger partial charge in [-0.25, -0.2) is 4.98 Å². The van der Waals surface area contributed by atoms with Crippen LogP contribution in [0.25, 0.3) is 10.8 Å². The van der Waals surface area contributed by atoms with E-state index in [9.17, 15) is 5.11 Å². The van der Waals surface area contributed by atoms with Gasteiger partial charge >= 0.3 is 0 Å². The van der Waals surface area contributed by atoms with E-state index in [-0.39, 0.29) is 6.61 Å². The molecule has 0 aliphatic carbocycles. The van der Waals surface area contributed by atoms with Gasteiger partial charge in [-0.15, -0.1) is 0 Å². The van der Waals surface area contributed by atoms with E-state index in [0.717, 1.165) is 26.6 Å². The van der Waals surface area contributed by atoms with Gasteiger partial charge < -0.3 is 9.84 Å². The summed E-state index contributed by atoms with van der Waals surface area (Å²) in [6.07, 6.45) is 0. The maximum atomic E-state index is 9.35. The van der Waals surface area contributed by atoms with E-state index < -0.39 is 0 Å². The molecule has 3 aromatic rings. The van der Waals surface area contributed by atoms with Gasteiger partial charge in [-0.3, -0.25) is 0 Å². The fraction of sp³-hybridized carbons (Fsp3) is 0.118. The van der Waals surface area contributed by atoms with Crippen LogP contribution in [-0.4, -0.2) is 10.1 Å². The van der Waals surface area contributed by atoms with Gasteiger partial charge in [0.05, 0.1) is 12.3 Å². The maximum absolute atomic E-state index is 9.35. The number of halogens is 1. The molecule has 1 aromatic heterocycles. The van der Waals surface area contributed by atoms with Gasteiger partial charge in [0.25, 0.3) is 0 Å². The zero-order valence-corrected chi connectivity index (χ0v) is 13.1. The predicted molar refractivity (Wildman–Crippen MR) is 86.6 cm³/mol. The summed E-state index contributed by atoms with van der Waals surface area (Å²) in [6, 6.07) is 15.6. The molecule has 1 heterocycles. The second kappa shape index (κ2) is 5.84. The summed E-state index contributed by atoms with van der Waals surface area (Å²) in [6.45, 7) is 1.87. The molecule has 4 heteroatoms. The van der Waals surface area contributed by atoms with E-state index in [1.807, 2.05) is 55.5 Å². The molecule has 0 aliphatic rings. The van der Waals surface area contributed by atoms with Crippen molar-refractivity contribution in [1.82, 2.24) is 4.98 Å². The third-order valence-electron chi connectivity index (χ3n) is 3.26. The fourth-order valence-electron chi connectivity index (χ4n) is 2.21. The number of aliphatic hydroxyl groups excluding tert-OH is 1. The van der Waals surface area contributed by atoms with E-state index in [1.165, 1.54) is 0 Å². The van der Waals surface area contributed by atoms with Crippen molar-refractivity contribution < 1.29 is 9.84 Å². The van der Waals surface area contributed by atoms with Crippen LogP contribution >= 0.6 is 15.9 Å². The SMILES string of the molecule is Cc1cc(Br)ccc1Oc1nc(CO)cc2ccccc12. The highest BCUT2D eigenvalue weighted by molar-refractivity contribution is 9.10. The monoisotopic (exact) mass is 343 g/mol. The molecule has 0 spiro atoms. The second-order valence-corrected chi connectivity index (χ2v) is 5.73. The first-order valence-corrected chi connectivity index (χ1v) is 7.40. The summed E-state index contributed by atoms with van der Waals surface area (Å²) in [5.41, 5.74) is 1.61. The van der Waals surface area contributed by atoms with Crippen molar-refractivity contribution in [2.75, 3.05) is 0 Å². The molecule has 0 aliphatic heterocycles. The topological polar surface area (TPSA) is 42.4 Å². The Morgan fingerprint density at radius 3 is 2.71 bits per heavy atom. The van der Waals surface area contributed by atoms with Gasteiger partial charge in [0, 0.05) is 9.86 Å². The van der Waals surface area contributed by atoms with Crippen molar-refractivity contribution in [3.8, 4) is 11.6 Å². The first-order valence-electron chi connectivity index (χ1n) is 6.61. The quantitative estimate of drug-likeness (QED) is 0.756. The third kappa shape index (κ3) is 2.91. The first-order chi connectivity index (χ1) is 10.2. The molecular weight excluding hydrogens is 330 g/mol. The molecule has 0 saturated heterocycles. The number of ether oxygens (including phenoxy) is 1. The van der Waals surface area contributed by atoms with E-state index in [1.54, 1.807) is 0 Å². The van der Waals surface area contributed by atoms with Crippen molar-refractivity contribution in [3.63, 3.8) is 0 Å². The summed E-state index contributed by atoms with van der Waals surface area (Å²) in [5, 5.41) is 11.3. The summed E-state index contributed by atoms with van der Waals surface area (Å²) in [7, 11) is 0. The molecule has 21 heavy (non-hydrogen) atoms. The molecule has 0 bridgehead atoms. The van der Waals surface area contributed by atoms with E-state index >= 15 is 0 Å². The Labute approximate surface area is 131 Å². The Balaban J connectivity index is 2.10. The Bertz CT molecular complexity index is 802. The maximum Gasteiger partial charge on any atom is 0.227 e. The number of aryl methyl sites for hydroxylation is 1. The number of aliphatic hydroxyl groups is 1. The van der Waals surface area contributed by atoms with Crippen LogP contribution in [0.1, 0.15) is 11.3 Å². The number of fused-ring (bicyclic) bond motifs is 1.